The lowest BCUT2D eigenvalue weighted by molar-refractivity contribution is 0.248. The van der Waals surface area contributed by atoms with Gasteiger partial charge >= 0.3 is 0 Å². The second kappa shape index (κ2) is 11.6. The van der Waals surface area contributed by atoms with E-state index < -0.39 is 0 Å². The molecule has 35 heavy (non-hydrogen) atoms. The van der Waals surface area contributed by atoms with Gasteiger partial charge < -0.3 is 19.5 Å². The summed E-state index contributed by atoms with van der Waals surface area (Å²) < 4.78 is 12.2. The molecule has 0 aromatic heterocycles. The predicted molar refractivity (Wildman–Crippen MR) is 141 cm³/mol. The number of likely N-dealkylation sites (tertiary alicyclic amines) is 1. The van der Waals surface area contributed by atoms with Gasteiger partial charge in [-0.2, -0.15) is 0 Å². The number of phenols is 1. The van der Waals surface area contributed by atoms with Gasteiger partial charge in [-0.3, -0.25) is 0 Å². The Bertz CT molecular complexity index is 1060. The molecule has 4 nitrogen and oxygen atoms in total. The number of nitrogens with zero attached hydrogens (tertiary/aromatic N) is 1. The minimum Gasteiger partial charge on any atom is -0.508 e. The Hall–Kier alpha value is -2.98. The summed E-state index contributed by atoms with van der Waals surface area (Å²) in [7, 11) is 0. The molecule has 1 N–H and O–H groups in total. The summed E-state index contributed by atoms with van der Waals surface area (Å²) >= 11 is 0. The van der Waals surface area contributed by atoms with Crippen LogP contribution in [-0.2, 0) is 0 Å². The molecule has 0 spiro atoms. The largest absolute Gasteiger partial charge is 0.508 e. The molecule has 2 aliphatic rings. The zero-order chi connectivity index (χ0) is 23.9. The fraction of sp³-hybridized carbons (Fsp3) is 0.419. The van der Waals surface area contributed by atoms with E-state index in [1.165, 1.54) is 62.9 Å². The van der Waals surface area contributed by atoms with Crippen LogP contribution >= 0.6 is 0 Å². The lowest BCUT2D eigenvalue weighted by atomic mass is 9.76. The van der Waals surface area contributed by atoms with Crippen molar-refractivity contribution in [1.29, 1.82) is 0 Å². The van der Waals surface area contributed by atoms with Crippen LogP contribution in [0.5, 0.6) is 17.2 Å². The van der Waals surface area contributed by atoms with Gasteiger partial charge in [0.25, 0.3) is 0 Å². The van der Waals surface area contributed by atoms with E-state index in [2.05, 4.69) is 53.4 Å². The summed E-state index contributed by atoms with van der Waals surface area (Å²) in [5.74, 6) is 2.33. The first-order chi connectivity index (χ1) is 17.3. The van der Waals surface area contributed by atoms with Gasteiger partial charge in [-0.1, -0.05) is 55.3 Å². The molecule has 0 unspecified atom stereocenters. The summed E-state index contributed by atoms with van der Waals surface area (Å²) in [5.41, 5.74) is 3.49. The van der Waals surface area contributed by atoms with E-state index >= 15 is 0 Å². The van der Waals surface area contributed by atoms with Crippen LogP contribution in [0.4, 0.5) is 0 Å². The first-order valence-electron chi connectivity index (χ1n) is 13.2. The lowest BCUT2D eigenvalue weighted by Gasteiger charge is -2.34. The highest BCUT2D eigenvalue weighted by Crippen LogP contribution is 2.47. The molecule has 0 bridgehead atoms. The van der Waals surface area contributed by atoms with Gasteiger partial charge in [-0.25, -0.2) is 0 Å². The fourth-order valence-corrected chi connectivity index (χ4v) is 5.56. The van der Waals surface area contributed by atoms with Gasteiger partial charge in [0.1, 0.15) is 17.2 Å². The Kier molecular flexibility index (Phi) is 7.89. The number of benzene rings is 3. The number of aromatic hydroxyl groups is 1. The molecular formula is C31H37NO3. The Morgan fingerprint density at radius 2 is 1.60 bits per heavy atom. The van der Waals surface area contributed by atoms with E-state index in [0.717, 1.165) is 30.1 Å². The average Bonchev–Trinajstić information content (AvgIpc) is 3.42. The van der Waals surface area contributed by atoms with E-state index in [4.69, 9.17) is 9.47 Å². The normalized spacial score (nSPS) is 19.8. The molecule has 1 saturated heterocycles. The molecule has 0 aliphatic carbocycles. The number of fused-ring (bicyclic) bond motifs is 1. The molecular weight excluding hydrogens is 434 g/mol. The van der Waals surface area contributed by atoms with Crippen LogP contribution in [0.15, 0.2) is 72.8 Å². The van der Waals surface area contributed by atoms with Crippen LogP contribution in [0.3, 0.4) is 0 Å². The number of unbranched alkanes of at least 4 members (excludes halogenated alkanes) is 3. The monoisotopic (exact) mass is 471 g/mol. The van der Waals surface area contributed by atoms with Gasteiger partial charge in [-0.05, 0) is 86.8 Å². The lowest BCUT2D eigenvalue weighted by Crippen LogP contribution is -2.25. The first kappa shape index (κ1) is 23.7. The molecule has 0 radical (unpaired) electrons. The molecule has 0 amide bonds. The van der Waals surface area contributed by atoms with Crippen molar-refractivity contribution < 1.29 is 14.6 Å². The molecule has 184 valence electrons. The number of hydrogen-bond acceptors (Lipinski definition) is 4. The molecule has 5 rings (SSSR count). The van der Waals surface area contributed by atoms with Crippen molar-refractivity contribution in [3.63, 3.8) is 0 Å². The predicted octanol–water partition coefficient (Wildman–Crippen LogP) is 6.74. The third-order valence-electron chi connectivity index (χ3n) is 7.45. The van der Waals surface area contributed by atoms with Gasteiger partial charge in [0, 0.05) is 17.4 Å². The molecule has 3 aromatic carbocycles. The number of ether oxygens (including phenoxy) is 2. The van der Waals surface area contributed by atoms with Crippen LogP contribution in [0.2, 0.25) is 0 Å². The maximum atomic E-state index is 10.2. The molecule has 3 aromatic rings. The van der Waals surface area contributed by atoms with Crippen molar-refractivity contribution in [3.8, 4) is 17.2 Å². The van der Waals surface area contributed by atoms with Crippen LogP contribution in [-0.4, -0.2) is 42.9 Å². The maximum Gasteiger partial charge on any atom is 0.123 e. The highest BCUT2D eigenvalue weighted by molar-refractivity contribution is 5.51. The summed E-state index contributed by atoms with van der Waals surface area (Å²) in [5, 5.41) is 10.2. The Labute approximate surface area is 209 Å². The van der Waals surface area contributed by atoms with Crippen LogP contribution in [0.25, 0.3) is 0 Å². The van der Waals surface area contributed by atoms with Crippen LogP contribution < -0.4 is 9.47 Å². The zero-order valence-electron chi connectivity index (χ0n) is 20.6. The topological polar surface area (TPSA) is 41.9 Å². The van der Waals surface area contributed by atoms with E-state index in [0.29, 0.717) is 6.61 Å². The van der Waals surface area contributed by atoms with Crippen LogP contribution in [0, 0.1) is 0 Å². The molecule has 2 aliphatic heterocycles. The minimum atomic E-state index is 0.109. The summed E-state index contributed by atoms with van der Waals surface area (Å²) in [6, 6.07) is 24.5. The van der Waals surface area contributed by atoms with Gasteiger partial charge in [0.05, 0.1) is 13.2 Å². The Morgan fingerprint density at radius 1 is 0.829 bits per heavy atom. The van der Waals surface area contributed by atoms with Crippen molar-refractivity contribution in [2.75, 3.05) is 32.8 Å². The third kappa shape index (κ3) is 5.99. The zero-order valence-corrected chi connectivity index (χ0v) is 20.6. The number of hydrogen-bond donors (Lipinski definition) is 1. The number of phenolic OH excluding ortho intramolecular Hbond substituents is 1. The van der Waals surface area contributed by atoms with Crippen molar-refractivity contribution in [2.24, 2.45) is 0 Å². The minimum absolute atomic E-state index is 0.109. The van der Waals surface area contributed by atoms with E-state index in [1.807, 2.05) is 18.2 Å². The molecule has 2 atom stereocenters. The highest BCUT2D eigenvalue weighted by Gasteiger charge is 2.33. The second-order valence-electron chi connectivity index (χ2n) is 9.91. The number of rotatable bonds is 10. The molecule has 0 saturated carbocycles. The smallest absolute Gasteiger partial charge is 0.123 e. The van der Waals surface area contributed by atoms with Crippen molar-refractivity contribution in [1.82, 2.24) is 4.90 Å². The van der Waals surface area contributed by atoms with Gasteiger partial charge in [-0.15, -0.1) is 0 Å². The van der Waals surface area contributed by atoms with Crippen molar-refractivity contribution in [2.45, 2.75) is 50.4 Å². The third-order valence-corrected chi connectivity index (χ3v) is 7.45. The van der Waals surface area contributed by atoms with Crippen molar-refractivity contribution >= 4 is 0 Å². The maximum absolute atomic E-state index is 10.2. The summed E-state index contributed by atoms with van der Waals surface area (Å²) in [6.07, 6.45) is 7.68. The molecule has 2 heterocycles. The first-order valence-corrected chi connectivity index (χ1v) is 13.2. The average molecular weight is 472 g/mol. The Balaban J connectivity index is 1.20. The standard InChI is InChI=1S/C31H37NO3/c33-26-14-17-30-28(22-26)31(29(23-35-30)24-10-4-3-5-11-24)25-12-15-27(16-13-25)34-21-9-2-1-6-18-32-19-7-8-20-32/h3-5,10-17,22,29,31,33H,1-2,6-9,18-21,23H2/t29-,31+/m0/s1. The molecule has 4 heteroatoms. The van der Waals surface area contributed by atoms with Gasteiger partial charge in [0.2, 0.25) is 0 Å². The Morgan fingerprint density at radius 3 is 2.40 bits per heavy atom. The van der Waals surface area contributed by atoms with E-state index in [1.54, 1.807) is 6.07 Å². The van der Waals surface area contributed by atoms with Gasteiger partial charge in [0.15, 0.2) is 0 Å². The fourth-order valence-electron chi connectivity index (χ4n) is 5.56. The van der Waals surface area contributed by atoms with Crippen LogP contribution in [0.1, 0.15) is 67.1 Å². The summed E-state index contributed by atoms with van der Waals surface area (Å²) in [4.78, 5) is 2.60. The van der Waals surface area contributed by atoms with E-state index in [9.17, 15) is 5.11 Å². The SMILES string of the molecule is Oc1ccc2c(c1)[C@@H](c1ccc(OCCCCCCN3CCCC3)cc1)[C@H](c1ccccc1)CO2. The molecule has 1 fully saturated rings. The highest BCUT2D eigenvalue weighted by atomic mass is 16.5. The second-order valence-corrected chi connectivity index (χ2v) is 9.91. The summed E-state index contributed by atoms with van der Waals surface area (Å²) in [6.45, 7) is 5.24. The van der Waals surface area contributed by atoms with E-state index in [-0.39, 0.29) is 17.6 Å². The quantitative estimate of drug-likeness (QED) is 0.333. The van der Waals surface area contributed by atoms with Crippen molar-refractivity contribution in [3.05, 3.63) is 89.5 Å².